The van der Waals surface area contributed by atoms with Crippen LogP contribution in [0.3, 0.4) is 0 Å². The van der Waals surface area contributed by atoms with Gasteiger partial charge in [0.05, 0.1) is 7.11 Å². The Labute approximate surface area is 120 Å². The van der Waals surface area contributed by atoms with Gasteiger partial charge in [0.2, 0.25) is 11.8 Å². The zero-order chi connectivity index (χ0) is 14.6. The number of nitrogens with zero attached hydrogens (tertiary/aromatic N) is 1. The van der Waals surface area contributed by atoms with Gasteiger partial charge in [0.15, 0.2) is 0 Å². The summed E-state index contributed by atoms with van der Waals surface area (Å²) in [5, 5.41) is 2.81. The molecule has 5 heteroatoms. The van der Waals surface area contributed by atoms with Crippen LogP contribution in [0.15, 0.2) is 18.2 Å². The highest BCUT2D eigenvalue weighted by Crippen LogP contribution is 2.06. The average molecular weight is 280 g/mol. The molecule has 1 aromatic rings. The Kier molecular flexibility index (Phi) is 8.38. The number of ether oxygens (including phenoxy) is 2. The molecule has 0 aliphatic carbocycles. The molecule has 1 heterocycles. The van der Waals surface area contributed by atoms with Gasteiger partial charge >= 0.3 is 0 Å². The summed E-state index contributed by atoms with van der Waals surface area (Å²) in [6, 6.07) is 5.60. The Balaban J connectivity index is 2.12. The molecule has 0 bridgehead atoms. The van der Waals surface area contributed by atoms with E-state index in [9.17, 15) is 4.79 Å². The van der Waals surface area contributed by atoms with Crippen molar-refractivity contribution in [1.82, 2.24) is 10.3 Å². The van der Waals surface area contributed by atoms with Crippen LogP contribution in [0.5, 0.6) is 5.88 Å². The molecule has 1 amide bonds. The quantitative estimate of drug-likeness (QED) is 0.666. The third-order valence-corrected chi connectivity index (χ3v) is 2.82. The summed E-state index contributed by atoms with van der Waals surface area (Å²) in [7, 11) is 1.59. The first-order valence-electron chi connectivity index (χ1n) is 7.10. The van der Waals surface area contributed by atoms with Crippen molar-refractivity contribution in [3.05, 3.63) is 23.9 Å². The maximum Gasteiger partial charge on any atom is 0.246 e. The van der Waals surface area contributed by atoms with Crippen molar-refractivity contribution < 1.29 is 14.3 Å². The largest absolute Gasteiger partial charge is 0.481 e. The highest BCUT2D eigenvalue weighted by atomic mass is 16.5. The molecular formula is C15H24N2O3. The first-order chi connectivity index (χ1) is 9.76. The van der Waals surface area contributed by atoms with Gasteiger partial charge in [0.25, 0.3) is 0 Å². The van der Waals surface area contributed by atoms with Gasteiger partial charge in [-0.05, 0) is 12.5 Å². The summed E-state index contributed by atoms with van der Waals surface area (Å²) in [5.41, 5.74) is 0.897. The summed E-state index contributed by atoms with van der Waals surface area (Å²) in [6.45, 7) is 3.48. The van der Waals surface area contributed by atoms with Gasteiger partial charge in [-0.15, -0.1) is 0 Å². The molecule has 0 radical (unpaired) electrons. The Morgan fingerprint density at radius 3 is 2.95 bits per heavy atom. The van der Waals surface area contributed by atoms with Crippen LogP contribution in [0.2, 0.25) is 0 Å². The van der Waals surface area contributed by atoms with E-state index in [0.29, 0.717) is 25.5 Å². The lowest BCUT2D eigenvalue weighted by Crippen LogP contribution is -2.29. The molecule has 1 aromatic heterocycles. The fraction of sp³-hybridized carbons (Fsp3) is 0.600. The van der Waals surface area contributed by atoms with Crippen LogP contribution in [0.1, 0.15) is 31.9 Å². The highest BCUT2D eigenvalue weighted by Gasteiger charge is 2.02. The number of methoxy groups -OCH3 is 1. The molecule has 1 N–H and O–H groups in total. The molecule has 0 fully saturated rings. The fourth-order valence-electron chi connectivity index (χ4n) is 1.71. The van der Waals surface area contributed by atoms with Crippen LogP contribution in [0.4, 0.5) is 0 Å². The van der Waals surface area contributed by atoms with E-state index in [0.717, 1.165) is 25.0 Å². The third-order valence-electron chi connectivity index (χ3n) is 2.82. The van der Waals surface area contributed by atoms with E-state index in [-0.39, 0.29) is 12.5 Å². The van der Waals surface area contributed by atoms with Gasteiger partial charge in [0, 0.05) is 31.3 Å². The lowest BCUT2D eigenvalue weighted by atomic mass is 10.2. The van der Waals surface area contributed by atoms with Gasteiger partial charge in [-0.2, -0.15) is 0 Å². The maximum atomic E-state index is 11.5. The molecular weight excluding hydrogens is 256 g/mol. The number of hydrogen-bond acceptors (Lipinski definition) is 4. The number of amides is 1. The van der Waals surface area contributed by atoms with Crippen LogP contribution < -0.4 is 10.1 Å². The molecule has 0 saturated carbocycles. The second-order valence-corrected chi connectivity index (χ2v) is 4.53. The molecule has 0 unspecified atom stereocenters. The second kappa shape index (κ2) is 10.2. The predicted molar refractivity (Wildman–Crippen MR) is 77.8 cm³/mol. The average Bonchev–Trinajstić information content (AvgIpc) is 2.47. The maximum absolute atomic E-state index is 11.5. The van der Waals surface area contributed by atoms with Gasteiger partial charge in [0.1, 0.15) is 6.61 Å². The minimum absolute atomic E-state index is 0.0793. The summed E-state index contributed by atoms with van der Waals surface area (Å²) < 4.78 is 10.3. The monoisotopic (exact) mass is 280 g/mol. The Hall–Kier alpha value is -1.62. The zero-order valence-electron chi connectivity index (χ0n) is 12.4. The number of pyridine rings is 1. The first kappa shape index (κ1) is 16.4. The highest BCUT2D eigenvalue weighted by molar-refractivity contribution is 5.77. The van der Waals surface area contributed by atoms with E-state index in [4.69, 9.17) is 9.47 Å². The van der Waals surface area contributed by atoms with Crippen LogP contribution in [-0.4, -0.2) is 37.8 Å². The van der Waals surface area contributed by atoms with Crippen molar-refractivity contribution in [2.45, 2.75) is 32.6 Å². The minimum atomic E-state index is -0.0793. The van der Waals surface area contributed by atoms with Crippen LogP contribution in [0.25, 0.3) is 0 Å². The smallest absolute Gasteiger partial charge is 0.246 e. The van der Waals surface area contributed by atoms with Crippen molar-refractivity contribution in [3.8, 4) is 5.88 Å². The molecule has 0 aromatic carbocycles. The number of carbonyl (C=O) groups excluding carboxylic acids is 1. The lowest BCUT2D eigenvalue weighted by Gasteiger charge is -2.06. The number of hydrogen-bond donors (Lipinski definition) is 1. The zero-order valence-corrected chi connectivity index (χ0v) is 12.4. The number of rotatable bonds is 10. The second-order valence-electron chi connectivity index (χ2n) is 4.53. The van der Waals surface area contributed by atoms with E-state index < -0.39 is 0 Å². The minimum Gasteiger partial charge on any atom is -0.481 e. The van der Waals surface area contributed by atoms with E-state index in [1.807, 2.05) is 12.1 Å². The van der Waals surface area contributed by atoms with Gasteiger partial charge in [-0.1, -0.05) is 25.8 Å². The Morgan fingerprint density at radius 1 is 1.35 bits per heavy atom. The summed E-state index contributed by atoms with van der Waals surface area (Å²) in [6.07, 6.45) is 3.99. The van der Waals surface area contributed by atoms with Gasteiger partial charge in [-0.25, -0.2) is 4.98 Å². The summed E-state index contributed by atoms with van der Waals surface area (Å²) in [5.74, 6) is 0.512. The van der Waals surface area contributed by atoms with Crippen molar-refractivity contribution in [3.63, 3.8) is 0 Å². The molecule has 0 atom stereocenters. The standard InChI is InChI=1S/C15H24N2O3/c1-3-4-5-11-20-12-14(18)16-10-9-13-7-6-8-15(17-13)19-2/h6-8H,3-5,9-12H2,1-2H3,(H,16,18). The van der Waals surface area contributed by atoms with Crippen molar-refractivity contribution in [2.75, 3.05) is 26.9 Å². The molecule has 5 nitrogen and oxygen atoms in total. The SMILES string of the molecule is CCCCCOCC(=O)NCCc1cccc(OC)n1. The Morgan fingerprint density at radius 2 is 2.20 bits per heavy atom. The number of aromatic nitrogens is 1. The van der Waals surface area contributed by atoms with Crippen molar-refractivity contribution in [2.24, 2.45) is 0 Å². The molecule has 0 aliphatic rings. The predicted octanol–water partition coefficient (Wildman–Crippen LogP) is 1.96. The first-order valence-corrected chi connectivity index (χ1v) is 7.10. The Bertz CT molecular complexity index is 396. The molecule has 0 saturated heterocycles. The molecule has 20 heavy (non-hydrogen) atoms. The van der Waals surface area contributed by atoms with Gasteiger partial charge < -0.3 is 14.8 Å². The summed E-state index contributed by atoms with van der Waals surface area (Å²) >= 11 is 0. The van der Waals surface area contributed by atoms with E-state index in [1.165, 1.54) is 0 Å². The van der Waals surface area contributed by atoms with Crippen LogP contribution in [0, 0.1) is 0 Å². The topological polar surface area (TPSA) is 60.5 Å². The van der Waals surface area contributed by atoms with Crippen LogP contribution in [-0.2, 0) is 16.0 Å². The molecule has 0 aliphatic heterocycles. The lowest BCUT2D eigenvalue weighted by molar-refractivity contribution is -0.125. The fourth-order valence-corrected chi connectivity index (χ4v) is 1.71. The molecule has 1 rings (SSSR count). The van der Waals surface area contributed by atoms with Crippen molar-refractivity contribution in [1.29, 1.82) is 0 Å². The molecule has 0 spiro atoms. The third kappa shape index (κ3) is 7.09. The van der Waals surface area contributed by atoms with E-state index in [2.05, 4.69) is 17.2 Å². The van der Waals surface area contributed by atoms with E-state index in [1.54, 1.807) is 13.2 Å². The molecule has 112 valence electrons. The number of carbonyl (C=O) groups is 1. The van der Waals surface area contributed by atoms with Gasteiger partial charge in [-0.3, -0.25) is 4.79 Å². The van der Waals surface area contributed by atoms with Crippen LogP contribution >= 0.6 is 0 Å². The number of unbranched alkanes of at least 4 members (excludes halogenated alkanes) is 2. The number of nitrogens with one attached hydrogen (secondary N) is 1. The van der Waals surface area contributed by atoms with E-state index >= 15 is 0 Å². The summed E-state index contributed by atoms with van der Waals surface area (Å²) in [4.78, 5) is 15.8. The normalized spacial score (nSPS) is 10.3. The van der Waals surface area contributed by atoms with Crippen molar-refractivity contribution >= 4 is 5.91 Å².